The molecule has 0 spiro atoms. The zero-order valence-corrected chi connectivity index (χ0v) is 11.4. The van der Waals surface area contributed by atoms with Gasteiger partial charge in [0.25, 0.3) is 0 Å². The van der Waals surface area contributed by atoms with Crippen LogP contribution in [0.2, 0.25) is 5.15 Å². The molecule has 19 heavy (non-hydrogen) atoms. The van der Waals surface area contributed by atoms with Gasteiger partial charge in [-0.15, -0.1) is 10.2 Å². The van der Waals surface area contributed by atoms with Crippen molar-refractivity contribution in [1.82, 2.24) is 10.2 Å². The number of fused-ring (bicyclic) bond motifs is 1. The van der Waals surface area contributed by atoms with Crippen LogP contribution < -0.4 is 0 Å². The van der Waals surface area contributed by atoms with E-state index in [4.69, 9.17) is 11.6 Å². The van der Waals surface area contributed by atoms with E-state index in [0.29, 0.717) is 5.15 Å². The maximum absolute atomic E-state index is 5.75. The molecule has 1 heterocycles. The molecule has 0 bridgehead atoms. The van der Waals surface area contributed by atoms with E-state index < -0.39 is 0 Å². The van der Waals surface area contributed by atoms with Crippen LogP contribution in [0, 0.1) is 0 Å². The minimum absolute atomic E-state index is 0.414. The normalized spacial score (nSPS) is 10.8. The molecule has 0 aliphatic rings. The van der Waals surface area contributed by atoms with Gasteiger partial charge in [-0.3, -0.25) is 0 Å². The molecule has 0 radical (unpaired) electrons. The van der Waals surface area contributed by atoms with E-state index in [1.807, 2.05) is 6.07 Å². The molecule has 0 aliphatic heterocycles. The van der Waals surface area contributed by atoms with Crippen LogP contribution in [0.5, 0.6) is 0 Å². The summed E-state index contributed by atoms with van der Waals surface area (Å²) in [6.07, 6.45) is 1.06. The Morgan fingerprint density at radius 2 is 1.68 bits per heavy atom. The van der Waals surface area contributed by atoms with Crippen LogP contribution in [0.25, 0.3) is 22.0 Å². The quantitative estimate of drug-likeness (QED) is 0.683. The molecule has 0 fully saturated rings. The predicted molar refractivity (Wildman–Crippen MR) is 79.4 cm³/mol. The lowest BCUT2D eigenvalue weighted by molar-refractivity contribution is 1.04. The van der Waals surface area contributed by atoms with Crippen molar-refractivity contribution < 1.29 is 0 Å². The average Bonchev–Trinajstić information content (AvgIpc) is 2.47. The van der Waals surface area contributed by atoms with Crippen LogP contribution in [-0.4, -0.2) is 10.2 Å². The minimum atomic E-state index is 0.414. The Balaban J connectivity index is 2.08. The molecule has 0 N–H and O–H groups in total. The van der Waals surface area contributed by atoms with E-state index >= 15 is 0 Å². The Morgan fingerprint density at radius 3 is 2.42 bits per heavy atom. The molecule has 2 aromatic carbocycles. The molecule has 3 aromatic rings. The highest BCUT2D eigenvalue weighted by molar-refractivity contribution is 6.29. The summed E-state index contributed by atoms with van der Waals surface area (Å²) in [5.74, 6) is 0. The predicted octanol–water partition coefficient (Wildman–Crippen LogP) is 4.51. The van der Waals surface area contributed by atoms with Crippen molar-refractivity contribution in [2.24, 2.45) is 0 Å². The van der Waals surface area contributed by atoms with Gasteiger partial charge in [0.2, 0.25) is 0 Å². The number of hydrogen-bond acceptors (Lipinski definition) is 2. The first kappa shape index (κ1) is 12.1. The molecular formula is C16H13ClN2. The molecule has 94 valence electrons. The summed E-state index contributed by atoms with van der Waals surface area (Å²) >= 11 is 5.75. The van der Waals surface area contributed by atoms with Gasteiger partial charge < -0.3 is 0 Å². The number of halogens is 1. The molecule has 3 heteroatoms. The third-order valence-corrected chi connectivity index (χ3v) is 3.44. The summed E-state index contributed by atoms with van der Waals surface area (Å²) in [5.41, 5.74) is 3.25. The summed E-state index contributed by atoms with van der Waals surface area (Å²) in [4.78, 5) is 0. The number of benzene rings is 2. The second kappa shape index (κ2) is 4.98. The monoisotopic (exact) mass is 268 g/mol. The van der Waals surface area contributed by atoms with Crippen molar-refractivity contribution in [3.63, 3.8) is 0 Å². The highest BCUT2D eigenvalue weighted by Crippen LogP contribution is 2.24. The highest BCUT2D eigenvalue weighted by Gasteiger charge is 2.02. The molecule has 2 nitrogen and oxygen atoms in total. The Morgan fingerprint density at radius 1 is 0.895 bits per heavy atom. The van der Waals surface area contributed by atoms with Crippen LogP contribution in [0.15, 0.2) is 48.5 Å². The lowest BCUT2D eigenvalue weighted by Crippen LogP contribution is -1.88. The smallest absolute Gasteiger partial charge is 0.149 e. The molecule has 3 rings (SSSR count). The molecular weight excluding hydrogens is 256 g/mol. The van der Waals surface area contributed by atoms with E-state index in [1.165, 1.54) is 16.3 Å². The average molecular weight is 269 g/mol. The second-order valence-corrected chi connectivity index (χ2v) is 4.88. The van der Waals surface area contributed by atoms with Crippen molar-refractivity contribution in [1.29, 1.82) is 0 Å². The van der Waals surface area contributed by atoms with Crippen molar-refractivity contribution >= 4 is 22.4 Å². The van der Waals surface area contributed by atoms with Crippen molar-refractivity contribution in [2.75, 3.05) is 0 Å². The van der Waals surface area contributed by atoms with Gasteiger partial charge in [-0.2, -0.15) is 0 Å². The van der Waals surface area contributed by atoms with E-state index in [9.17, 15) is 0 Å². The van der Waals surface area contributed by atoms with E-state index in [-0.39, 0.29) is 0 Å². The van der Waals surface area contributed by atoms with Crippen molar-refractivity contribution in [2.45, 2.75) is 13.3 Å². The van der Waals surface area contributed by atoms with Gasteiger partial charge in [0, 0.05) is 5.56 Å². The largest absolute Gasteiger partial charge is 0.151 e. The maximum atomic E-state index is 5.75. The molecule has 0 saturated heterocycles. The summed E-state index contributed by atoms with van der Waals surface area (Å²) in [5, 5.41) is 10.9. The molecule has 0 atom stereocenters. The van der Waals surface area contributed by atoms with Crippen LogP contribution in [0.4, 0.5) is 0 Å². The first-order chi connectivity index (χ1) is 9.26. The number of hydrogen-bond donors (Lipinski definition) is 0. The number of aryl methyl sites for hydroxylation is 1. The third-order valence-electron chi connectivity index (χ3n) is 3.24. The van der Waals surface area contributed by atoms with Gasteiger partial charge in [0.15, 0.2) is 5.15 Å². The van der Waals surface area contributed by atoms with Gasteiger partial charge >= 0.3 is 0 Å². The zero-order valence-electron chi connectivity index (χ0n) is 10.6. The van der Waals surface area contributed by atoms with Gasteiger partial charge in [-0.1, -0.05) is 48.9 Å². The number of aromatic nitrogens is 2. The summed E-state index contributed by atoms with van der Waals surface area (Å²) in [6, 6.07) is 16.5. The first-order valence-corrected chi connectivity index (χ1v) is 6.66. The highest BCUT2D eigenvalue weighted by atomic mass is 35.5. The van der Waals surface area contributed by atoms with E-state index in [0.717, 1.165) is 17.7 Å². The summed E-state index contributed by atoms with van der Waals surface area (Å²) in [6.45, 7) is 2.17. The van der Waals surface area contributed by atoms with Gasteiger partial charge in [-0.05, 0) is 41.0 Å². The molecule has 0 saturated carbocycles. The van der Waals surface area contributed by atoms with Crippen LogP contribution >= 0.6 is 11.6 Å². The lowest BCUT2D eigenvalue weighted by atomic mass is 10.0. The fraction of sp³-hybridized carbons (Fsp3) is 0.125. The maximum Gasteiger partial charge on any atom is 0.151 e. The van der Waals surface area contributed by atoms with Gasteiger partial charge in [-0.25, -0.2) is 0 Å². The SMILES string of the molecule is CCc1ccc2cc(-c3ccc(Cl)nn3)ccc2c1. The molecule has 1 aromatic heterocycles. The Hall–Kier alpha value is -1.93. The number of nitrogens with zero attached hydrogens (tertiary/aromatic N) is 2. The Kier molecular flexibility index (Phi) is 3.18. The topological polar surface area (TPSA) is 25.8 Å². The van der Waals surface area contributed by atoms with E-state index in [2.05, 4.69) is 53.5 Å². The van der Waals surface area contributed by atoms with Gasteiger partial charge in [0.05, 0.1) is 5.69 Å². The minimum Gasteiger partial charge on any atom is -0.149 e. The van der Waals surface area contributed by atoms with Crippen LogP contribution in [-0.2, 0) is 6.42 Å². The molecule has 0 amide bonds. The fourth-order valence-electron chi connectivity index (χ4n) is 2.14. The Bertz CT molecular complexity index is 720. The Labute approximate surface area is 117 Å². The summed E-state index contributed by atoms with van der Waals surface area (Å²) < 4.78 is 0. The molecule has 0 aliphatic carbocycles. The number of rotatable bonds is 2. The van der Waals surface area contributed by atoms with E-state index in [1.54, 1.807) is 6.07 Å². The zero-order chi connectivity index (χ0) is 13.2. The first-order valence-electron chi connectivity index (χ1n) is 6.28. The van der Waals surface area contributed by atoms with Gasteiger partial charge in [0.1, 0.15) is 0 Å². The standard InChI is InChI=1S/C16H13ClN2/c1-2-11-3-4-13-10-14(6-5-12(13)9-11)15-7-8-16(17)19-18-15/h3-10H,2H2,1H3. The fourth-order valence-corrected chi connectivity index (χ4v) is 2.25. The van der Waals surface area contributed by atoms with Crippen molar-refractivity contribution in [3.8, 4) is 11.3 Å². The summed E-state index contributed by atoms with van der Waals surface area (Å²) in [7, 11) is 0. The van der Waals surface area contributed by atoms with Crippen LogP contribution in [0.3, 0.4) is 0 Å². The van der Waals surface area contributed by atoms with Crippen LogP contribution in [0.1, 0.15) is 12.5 Å². The van der Waals surface area contributed by atoms with Crippen molar-refractivity contribution in [3.05, 3.63) is 59.2 Å². The second-order valence-electron chi connectivity index (χ2n) is 4.49. The molecule has 0 unspecified atom stereocenters. The third kappa shape index (κ3) is 2.45. The lowest BCUT2D eigenvalue weighted by Gasteiger charge is -2.04.